The number of aromatic nitrogens is 1. The van der Waals surface area contributed by atoms with Crippen molar-refractivity contribution < 1.29 is 24.5 Å². The zero-order valence-corrected chi connectivity index (χ0v) is 13.6. The summed E-state index contributed by atoms with van der Waals surface area (Å²) in [6.45, 7) is 1.94. The Bertz CT molecular complexity index is 1060. The number of hydrogen-bond acceptors (Lipinski definition) is 5. The third-order valence-electron chi connectivity index (χ3n) is 4.33. The summed E-state index contributed by atoms with van der Waals surface area (Å²) < 4.78 is 10.9. The van der Waals surface area contributed by atoms with E-state index in [9.17, 15) is 15.0 Å². The van der Waals surface area contributed by atoms with E-state index in [2.05, 4.69) is 4.98 Å². The van der Waals surface area contributed by atoms with Gasteiger partial charge in [-0.3, -0.25) is 4.79 Å². The average Bonchev–Trinajstić information content (AvgIpc) is 3.10. The Kier molecular flexibility index (Phi) is 3.21. The van der Waals surface area contributed by atoms with Crippen LogP contribution in [0.5, 0.6) is 23.0 Å². The van der Waals surface area contributed by atoms with Crippen molar-refractivity contribution in [2.45, 2.75) is 6.92 Å². The van der Waals surface area contributed by atoms with Gasteiger partial charge < -0.3 is 24.7 Å². The van der Waals surface area contributed by atoms with Gasteiger partial charge >= 0.3 is 0 Å². The van der Waals surface area contributed by atoms with Crippen LogP contribution in [0.25, 0.3) is 17.0 Å². The van der Waals surface area contributed by atoms with Crippen LogP contribution in [0.2, 0.25) is 0 Å². The molecule has 25 heavy (non-hydrogen) atoms. The highest BCUT2D eigenvalue weighted by molar-refractivity contribution is 6.16. The van der Waals surface area contributed by atoms with E-state index in [1.54, 1.807) is 19.4 Å². The number of allylic oxidation sites excluding steroid dienone is 1. The van der Waals surface area contributed by atoms with Gasteiger partial charge in [-0.1, -0.05) is 0 Å². The van der Waals surface area contributed by atoms with E-state index in [0.29, 0.717) is 0 Å². The maximum absolute atomic E-state index is 12.5. The molecule has 2 heterocycles. The molecule has 0 aliphatic carbocycles. The summed E-state index contributed by atoms with van der Waals surface area (Å²) >= 11 is 0. The molecule has 3 aromatic rings. The van der Waals surface area contributed by atoms with Gasteiger partial charge in [-0.15, -0.1) is 0 Å². The monoisotopic (exact) mass is 337 g/mol. The minimum absolute atomic E-state index is 0.0539. The smallest absolute Gasteiger partial charge is 0.235 e. The van der Waals surface area contributed by atoms with E-state index in [1.807, 2.05) is 19.1 Å². The van der Waals surface area contributed by atoms with Crippen LogP contribution in [-0.2, 0) is 0 Å². The standard InChI is InChI=1S/C19H15NO5/c1-9-14(24-2)4-3-12-17(9)10(8-20-12)5-16-19(23)18-13(22)6-11(21)7-15(18)25-16/h3-8,20-22H,1-2H3/b16-5+. The van der Waals surface area contributed by atoms with E-state index in [1.165, 1.54) is 6.07 Å². The maximum Gasteiger partial charge on any atom is 0.235 e. The summed E-state index contributed by atoms with van der Waals surface area (Å²) in [5, 5.41) is 20.4. The Labute approximate surface area is 142 Å². The second-order valence-electron chi connectivity index (χ2n) is 5.84. The lowest BCUT2D eigenvalue weighted by molar-refractivity contribution is 0.101. The number of aryl methyl sites for hydroxylation is 1. The average molecular weight is 337 g/mol. The van der Waals surface area contributed by atoms with Crippen LogP contribution in [0.4, 0.5) is 0 Å². The van der Waals surface area contributed by atoms with E-state index in [-0.39, 0.29) is 28.6 Å². The number of nitrogens with one attached hydrogen (secondary N) is 1. The first-order valence-corrected chi connectivity index (χ1v) is 7.64. The number of ether oxygens (including phenoxy) is 2. The molecule has 0 spiro atoms. The lowest BCUT2D eigenvalue weighted by Crippen LogP contribution is -1.98. The summed E-state index contributed by atoms with van der Waals surface area (Å²) in [6, 6.07) is 6.19. The first-order valence-electron chi connectivity index (χ1n) is 7.64. The van der Waals surface area contributed by atoms with Gasteiger partial charge in [0.2, 0.25) is 5.78 Å². The predicted octanol–water partition coefficient (Wildman–Crippen LogP) is 3.51. The molecular weight excluding hydrogens is 322 g/mol. The normalized spacial score (nSPS) is 14.8. The molecule has 2 aromatic carbocycles. The van der Waals surface area contributed by atoms with Crippen molar-refractivity contribution in [1.82, 2.24) is 4.98 Å². The van der Waals surface area contributed by atoms with Gasteiger partial charge in [0, 0.05) is 40.4 Å². The third-order valence-corrected chi connectivity index (χ3v) is 4.33. The van der Waals surface area contributed by atoms with Crippen LogP contribution in [0.3, 0.4) is 0 Å². The number of Topliss-reactive ketones (excluding diaryl/α,β-unsaturated/α-hetero) is 1. The molecule has 4 rings (SSSR count). The molecule has 0 saturated heterocycles. The molecular formula is C19H15NO5. The first-order chi connectivity index (χ1) is 12.0. The quantitative estimate of drug-likeness (QED) is 0.622. The summed E-state index contributed by atoms with van der Waals surface area (Å²) in [4.78, 5) is 15.7. The fraction of sp³-hybridized carbons (Fsp3) is 0.105. The van der Waals surface area contributed by atoms with Crippen LogP contribution >= 0.6 is 0 Å². The molecule has 1 aromatic heterocycles. The number of benzene rings is 2. The number of phenolic OH excluding ortho intramolecular Hbond substituents is 2. The molecule has 6 nitrogen and oxygen atoms in total. The highest BCUT2D eigenvalue weighted by Gasteiger charge is 2.31. The third kappa shape index (κ3) is 2.22. The Balaban J connectivity index is 1.84. The van der Waals surface area contributed by atoms with E-state index in [4.69, 9.17) is 9.47 Å². The summed E-state index contributed by atoms with van der Waals surface area (Å²) in [5.74, 6) is 0.0683. The number of carbonyl (C=O) groups is 1. The molecule has 0 bridgehead atoms. The molecule has 0 unspecified atom stereocenters. The molecule has 0 atom stereocenters. The van der Waals surface area contributed by atoms with Gasteiger partial charge in [-0.2, -0.15) is 0 Å². The second kappa shape index (κ2) is 5.31. The number of carbonyl (C=O) groups excluding carboxylic acids is 1. The summed E-state index contributed by atoms with van der Waals surface area (Å²) in [5.41, 5.74) is 2.68. The molecule has 126 valence electrons. The van der Waals surface area contributed by atoms with Crippen LogP contribution in [0, 0.1) is 6.92 Å². The van der Waals surface area contributed by atoms with E-state index < -0.39 is 5.78 Å². The van der Waals surface area contributed by atoms with Gasteiger partial charge in [-0.25, -0.2) is 0 Å². The first kappa shape index (κ1) is 15.1. The topological polar surface area (TPSA) is 91.8 Å². The number of fused-ring (bicyclic) bond motifs is 2. The fourth-order valence-corrected chi connectivity index (χ4v) is 3.17. The molecule has 0 saturated carbocycles. The lowest BCUT2D eigenvalue weighted by atomic mass is 10.0. The molecule has 0 fully saturated rings. The summed E-state index contributed by atoms with van der Waals surface area (Å²) in [6.07, 6.45) is 3.39. The lowest BCUT2D eigenvalue weighted by Gasteiger charge is -2.06. The Morgan fingerprint density at radius 1 is 1.24 bits per heavy atom. The van der Waals surface area contributed by atoms with Crippen LogP contribution in [0.15, 0.2) is 36.2 Å². The number of hydrogen-bond donors (Lipinski definition) is 3. The molecule has 1 aliphatic heterocycles. The van der Waals surface area contributed by atoms with Crippen molar-refractivity contribution in [3.63, 3.8) is 0 Å². The van der Waals surface area contributed by atoms with Crippen LogP contribution < -0.4 is 9.47 Å². The highest BCUT2D eigenvalue weighted by atomic mass is 16.5. The number of aromatic hydroxyl groups is 2. The summed E-state index contributed by atoms with van der Waals surface area (Å²) in [7, 11) is 1.61. The number of phenols is 2. The van der Waals surface area contributed by atoms with Crippen molar-refractivity contribution in [2.75, 3.05) is 7.11 Å². The van der Waals surface area contributed by atoms with Gasteiger partial charge in [0.1, 0.15) is 28.6 Å². The van der Waals surface area contributed by atoms with Crippen molar-refractivity contribution in [3.8, 4) is 23.0 Å². The van der Waals surface area contributed by atoms with Crippen LogP contribution in [-0.4, -0.2) is 28.1 Å². The Hall–Kier alpha value is -3.41. The zero-order chi connectivity index (χ0) is 17.7. The highest BCUT2D eigenvalue weighted by Crippen LogP contribution is 2.41. The van der Waals surface area contributed by atoms with Crippen molar-refractivity contribution in [2.24, 2.45) is 0 Å². The molecule has 0 radical (unpaired) electrons. The number of rotatable bonds is 2. The van der Waals surface area contributed by atoms with Gasteiger partial charge in [-0.05, 0) is 25.1 Å². The van der Waals surface area contributed by atoms with E-state index in [0.717, 1.165) is 33.8 Å². The number of methoxy groups -OCH3 is 1. The van der Waals surface area contributed by atoms with Crippen LogP contribution in [0.1, 0.15) is 21.5 Å². The number of aromatic amines is 1. The van der Waals surface area contributed by atoms with Crippen molar-refractivity contribution in [1.29, 1.82) is 0 Å². The van der Waals surface area contributed by atoms with Gasteiger partial charge in [0.25, 0.3) is 0 Å². The minimum Gasteiger partial charge on any atom is -0.508 e. The molecule has 6 heteroatoms. The van der Waals surface area contributed by atoms with Gasteiger partial charge in [0.15, 0.2) is 5.76 Å². The predicted molar refractivity (Wildman–Crippen MR) is 92.3 cm³/mol. The molecule has 1 aliphatic rings. The largest absolute Gasteiger partial charge is 0.508 e. The maximum atomic E-state index is 12.5. The van der Waals surface area contributed by atoms with Crippen molar-refractivity contribution in [3.05, 3.63) is 52.9 Å². The number of ketones is 1. The fourth-order valence-electron chi connectivity index (χ4n) is 3.17. The minimum atomic E-state index is -0.428. The second-order valence-corrected chi connectivity index (χ2v) is 5.84. The molecule has 0 amide bonds. The molecule has 3 N–H and O–H groups in total. The SMILES string of the molecule is COc1ccc2[nH]cc(/C=C3/Oc4cc(O)cc(O)c4C3=O)c2c1C. The van der Waals surface area contributed by atoms with Gasteiger partial charge in [0.05, 0.1) is 7.11 Å². The Morgan fingerprint density at radius 2 is 2.04 bits per heavy atom. The number of H-pyrrole nitrogens is 1. The van der Waals surface area contributed by atoms with Crippen molar-refractivity contribution >= 4 is 22.8 Å². The van der Waals surface area contributed by atoms with E-state index >= 15 is 0 Å². The zero-order valence-electron chi connectivity index (χ0n) is 13.6. The Morgan fingerprint density at radius 3 is 2.80 bits per heavy atom.